The minimum atomic E-state index is -0.498. The maximum Gasteiger partial charge on any atom is 0.326 e. The molecule has 3 atom stereocenters. The molecule has 0 unspecified atom stereocenters. The van der Waals surface area contributed by atoms with E-state index in [9.17, 15) is 19.1 Å². The van der Waals surface area contributed by atoms with Crippen molar-refractivity contribution in [1.29, 1.82) is 0 Å². The van der Waals surface area contributed by atoms with Crippen molar-refractivity contribution in [3.8, 4) is 0 Å². The standard InChI is InChI=1S/C25H28FN3O3/c26-18-11-5-6-12-19(18)27-25(32)28-14-21-23(17-10-4-7-13-20(17)28)22(15-30)29(21)24(31)16-8-2-1-3-9-16/h4-7,10-13,16,21-23,30H,1-3,8-9,14-15H2,(H,27,32)/t21-,22-,23+/m1/s1. The second-order valence-corrected chi connectivity index (χ2v) is 9.00. The Balaban J connectivity index is 1.44. The Bertz CT molecular complexity index is 1020. The zero-order valence-corrected chi connectivity index (χ0v) is 17.9. The third kappa shape index (κ3) is 3.45. The van der Waals surface area contributed by atoms with Gasteiger partial charge >= 0.3 is 6.03 Å². The maximum atomic E-state index is 14.1. The molecule has 2 heterocycles. The summed E-state index contributed by atoms with van der Waals surface area (Å²) in [6.07, 6.45) is 5.05. The molecule has 7 heteroatoms. The summed E-state index contributed by atoms with van der Waals surface area (Å²) in [6, 6.07) is 12.8. The van der Waals surface area contributed by atoms with Gasteiger partial charge in [-0.15, -0.1) is 0 Å². The first-order chi connectivity index (χ1) is 15.6. The zero-order chi connectivity index (χ0) is 22.2. The highest BCUT2D eigenvalue weighted by molar-refractivity contribution is 6.03. The van der Waals surface area contributed by atoms with Gasteiger partial charge in [-0.25, -0.2) is 9.18 Å². The molecule has 0 bridgehead atoms. The van der Waals surface area contributed by atoms with Gasteiger partial charge in [0.1, 0.15) is 5.82 Å². The lowest BCUT2D eigenvalue weighted by Crippen LogP contribution is -2.71. The summed E-state index contributed by atoms with van der Waals surface area (Å²) in [4.78, 5) is 30.0. The highest BCUT2D eigenvalue weighted by Crippen LogP contribution is 2.49. The second kappa shape index (κ2) is 8.54. The molecule has 1 aliphatic carbocycles. The molecule has 0 spiro atoms. The van der Waals surface area contributed by atoms with Gasteiger partial charge in [-0.1, -0.05) is 49.6 Å². The number of urea groups is 1. The first-order valence-corrected chi connectivity index (χ1v) is 11.4. The van der Waals surface area contributed by atoms with Crippen LogP contribution in [0.3, 0.4) is 0 Å². The Morgan fingerprint density at radius 2 is 1.75 bits per heavy atom. The van der Waals surface area contributed by atoms with Crippen LogP contribution >= 0.6 is 0 Å². The van der Waals surface area contributed by atoms with Crippen LogP contribution in [0.4, 0.5) is 20.6 Å². The van der Waals surface area contributed by atoms with E-state index >= 15 is 0 Å². The number of fused-ring (bicyclic) bond motifs is 3. The lowest BCUT2D eigenvalue weighted by atomic mass is 9.71. The number of nitrogens with one attached hydrogen (secondary N) is 1. The number of amides is 3. The third-order valence-electron chi connectivity index (χ3n) is 7.26. The number of aliphatic hydroxyl groups excluding tert-OH is 1. The molecule has 5 rings (SSSR count). The van der Waals surface area contributed by atoms with Gasteiger partial charge in [0, 0.05) is 24.1 Å². The Morgan fingerprint density at radius 1 is 1.03 bits per heavy atom. The number of para-hydroxylation sites is 2. The van der Waals surface area contributed by atoms with Crippen molar-refractivity contribution in [1.82, 2.24) is 4.90 Å². The number of halogens is 1. The van der Waals surface area contributed by atoms with Crippen molar-refractivity contribution in [2.75, 3.05) is 23.4 Å². The fraction of sp³-hybridized carbons (Fsp3) is 0.440. The molecular weight excluding hydrogens is 409 g/mol. The Hall–Kier alpha value is -2.93. The molecule has 0 aromatic heterocycles. The Morgan fingerprint density at radius 3 is 2.50 bits per heavy atom. The molecule has 2 N–H and O–H groups in total. The Labute approximate surface area is 187 Å². The lowest BCUT2D eigenvalue weighted by molar-refractivity contribution is -0.156. The van der Waals surface area contributed by atoms with Gasteiger partial charge < -0.3 is 15.3 Å². The second-order valence-electron chi connectivity index (χ2n) is 9.00. The van der Waals surface area contributed by atoms with Gasteiger partial charge in [0.05, 0.1) is 24.4 Å². The van der Waals surface area contributed by atoms with Crippen molar-refractivity contribution in [3.05, 3.63) is 59.9 Å². The van der Waals surface area contributed by atoms with Crippen LogP contribution in [0.1, 0.15) is 43.6 Å². The molecule has 3 aliphatic rings. The van der Waals surface area contributed by atoms with Crippen LogP contribution < -0.4 is 10.2 Å². The fourth-order valence-corrected chi connectivity index (χ4v) is 5.69. The highest BCUT2D eigenvalue weighted by atomic mass is 19.1. The average Bonchev–Trinajstić information content (AvgIpc) is 2.81. The van der Waals surface area contributed by atoms with Crippen LogP contribution in [-0.4, -0.2) is 47.2 Å². The first kappa shape index (κ1) is 20.9. The fourth-order valence-electron chi connectivity index (χ4n) is 5.69. The molecule has 32 heavy (non-hydrogen) atoms. The molecule has 1 saturated carbocycles. The van der Waals surface area contributed by atoms with Crippen LogP contribution in [0.25, 0.3) is 0 Å². The summed E-state index contributed by atoms with van der Waals surface area (Å²) in [5, 5.41) is 12.8. The molecular formula is C25H28FN3O3. The third-order valence-corrected chi connectivity index (χ3v) is 7.26. The molecule has 0 radical (unpaired) electrons. The summed E-state index contributed by atoms with van der Waals surface area (Å²) in [7, 11) is 0. The number of carbonyl (C=O) groups is 2. The van der Waals surface area contributed by atoms with E-state index in [4.69, 9.17) is 0 Å². The summed E-state index contributed by atoms with van der Waals surface area (Å²) < 4.78 is 14.1. The van der Waals surface area contributed by atoms with Gasteiger partial charge in [0.25, 0.3) is 0 Å². The van der Waals surface area contributed by atoms with Crippen LogP contribution in [0.5, 0.6) is 0 Å². The number of nitrogens with zero attached hydrogens (tertiary/aromatic N) is 2. The lowest BCUT2D eigenvalue weighted by Gasteiger charge is -2.59. The number of anilines is 2. The maximum absolute atomic E-state index is 14.1. The van der Waals surface area contributed by atoms with E-state index in [2.05, 4.69) is 5.32 Å². The minimum Gasteiger partial charge on any atom is -0.394 e. The number of aliphatic hydroxyl groups is 1. The molecule has 2 aromatic carbocycles. The predicted octanol–water partition coefficient (Wildman–Crippen LogP) is 4.11. The topological polar surface area (TPSA) is 72.9 Å². The van der Waals surface area contributed by atoms with Crippen molar-refractivity contribution in [3.63, 3.8) is 0 Å². The summed E-state index contributed by atoms with van der Waals surface area (Å²) in [5.74, 6) is -0.418. The van der Waals surface area contributed by atoms with E-state index in [-0.39, 0.29) is 42.1 Å². The molecule has 3 amide bonds. The number of rotatable bonds is 3. The van der Waals surface area contributed by atoms with Gasteiger partial charge in [-0.2, -0.15) is 0 Å². The van der Waals surface area contributed by atoms with Crippen LogP contribution in [0.2, 0.25) is 0 Å². The van der Waals surface area contributed by atoms with Gasteiger partial charge in [0.2, 0.25) is 5.91 Å². The number of likely N-dealkylation sites (tertiary alicyclic amines) is 1. The molecule has 6 nitrogen and oxygen atoms in total. The van der Waals surface area contributed by atoms with Crippen molar-refractivity contribution >= 4 is 23.3 Å². The highest BCUT2D eigenvalue weighted by Gasteiger charge is 2.56. The average molecular weight is 438 g/mol. The van der Waals surface area contributed by atoms with Crippen molar-refractivity contribution in [2.24, 2.45) is 5.92 Å². The SMILES string of the molecule is O=C(Nc1ccccc1F)N1C[C@@H]2[C@H](c3ccccc31)[C@@H](CO)N2C(=O)C1CCCCC1. The summed E-state index contributed by atoms with van der Waals surface area (Å²) in [5.41, 5.74) is 1.80. The van der Waals surface area contributed by atoms with E-state index < -0.39 is 11.8 Å². The Kier molecular flexibility index (Phi) is 5.59. The van der Waals surface area contributed by atoms with E-state index in [0.717, 1.165) is 43.4 Å². The molecule has 2 aliphatic heterocycles. The number of benzene rings is 2. The normalized spacial score (nSPS) is 24.9. The largest absolute Gasteiger partial charge is 0.394 e. The van der Waals surface area contributed by atoms with Gasteiger partial charge in [-0.05, 0) is 36.6 Å². The smallest absolute Gasteiger partial charge is 0.326 e. The van der Waals surface area contributed by atoms with E-state index in [1.54, 1.807) is 17.0 Å². The van der Waals surface area contributed by atoms with E-state index in [1.165, 1.54) is 12.1 Å². The molecule has 2 aromatic rings. The van der Waals surface area contributed by atoms with E-state index in [0.29, 0.717) is 6.54 Å². The monoisotopic (exact) mass is 437 g/mol. The molecule has 2 fully saturated rings. The van der Waals surface area contributed by atoms with Crippen LogP contribution in [-0.2, 0) is 4.79 Å². The van der Waals surface area contributed by atoms with Crippen LogP contribution in [0.15, 0.2) is 48.5 Å². The zero-order valence-electron chi connectivity index (χ0n) is 17.9. The van der Waals surface area contributed by atoms with Gasteiger partial charge in [-0.3, -0.25) is 9.69 Å². The van der Waals surface area contributed by atoms with E-state index in [1.807, 2.05) is 29.2 Å². The summed E-state index contributed by atoms with van der Waals surface area (Å²) in [6.45, 7) is 0.215. The quantitative estimate of drug-likeness (QED) is 0.759. The van der Waals surface area contributed by atoms with Crippen molar-refractivity contribution in [2.45, 2.75) is 50.1 Å². The van der Waals surface area contributed by atoms with Gasteiger partial charge in [0.15, 0.2) is 0 Å². The molecule has 168 valence electrons. The van der Waals surface area contributed by atoms with Crippen LogP contribution in [0, 0.1) is 11.7 Å². The first-order valence-electron chi connectivity index (χ1n) is 11.4. The number of carbonyl (C=O) groups excluding carboxylic acids is 2. The summed E-state index contributed by atoms with van der Waals surface area (Å²) >= 11 is 0. The number of hydrogen-bond acceptors (Lipinski definition) is 3. The number of hydrogen-bond donors (Lipinski definition) is 2. The minimum absolute atomic E-state index is 0.00314. The molecule has 1 saturated heterocycles. The predicted molar refractivity (Wildman–Crippen MR) is 120 cm³/mol. The van der Waals surface area contributed by atoms with Crippen molar-refractivity contribution < 1.29 is 19.1 Å².